The molecule has 3 rings (SSSR count). The smallest absolute Gasteiger partial charge is 0.242 e. The summed E-state index contributed by atoms with van der Waals surface area (Å²) < 4.78 is 5.95. The molecule has 4 nitrogen and oxygen atoms in total. The molecule has 2 aromatic carbocycles. The molecular formula is C22H22ClNO3. The van der Waals surface area contributed by atoms with E-state index in [4.69, 9.17) is 16.0 Å². The zero-order chi connectivity index (χ0) is 19.8. The third-order valence-electron chi connectivity index (χ3n) is 4.39. The molecule has 1 heterocycles. The zero-order valence-electron chi connectivity index (χ0n) is 15.8. The van der Waals surface area contributed by atoms with E-state index < -0.39 is 5.38 Å². The molecule has 0 aliphatic heterocycles. The van der Waals surface area contributed by atoms with E-state index in [2.05, 4.69) is 26.1 Å². The van der Waals surface area contributed by atoms with Gasteiger partial charge in [-0.15, -0.1) is 11.6 Å². The van der Waals surface area contributed by atoms with Crippen LogP contribution in [0.4, 0.5) is 5.69 Å². The number of anilines is 1. The highest BCUT2D eigenvalue weighted by Crippen LogP contribution is 2.28. The Kier molecular flexibility index (Phi) is 5.11. The Morgan fingerprint density at radius 1 is 1.07 bits per heavy atom. The quantitative estimate of drug-likeness (QED) is 0.622. The second-order valence-corrected chi connectivity index (χ2v) is 8.27. The van der Waals surface area contributed by atoms with Gasteiger partial charge in [-0.2, -0.15) is 0 Å². The minimum absolute atomic E-state index is 0.0510. The van der Waals surface area contributed by atoms with Crippen LogP contribution in [-0.2, 0) is 10.2 Å². The van der Waals surface area contributed by atoms with Crippen molar-refractivity contribution in [3.05, 3.63) is 64.3 Å². The van der Waals surface area contributed by atoms with Crippen LogP contribution < -0.4 is 10.7 Å². The second-order valence-electron chi connectivity index (χ2n) is 7.62. The van der Waals surface area contributed by atoms with E-state index in [1.807, 2.05) is 24.3 Å². The maximum absolute atomic E-state index is 12.5. The largest absolute Gasteiger partial charge is 0.456 e. The van der Waals surface area contributed by atoms with E-state index in [1.165, 1.54) is 11.6 Å². The van der Waals surface area contributed by atoms with Crippen molar-refractivity contribution in [1.29, 1.82) is 0 Å². The van der Waals surface area contributed by atoms with Crippen LogP contribution in [0.5, 0.6) is 0 Å². The molecule has 0 aliphatic carbocycles. The number of hydrogen-bond donors (Lipinski definition) is 1. The summed E-state index contributed by atoms with van der Waals surface area (Å²) in [5.74, 6) is 0.175. The lowest BCUT2D eigenvalue weighted by Gasteiger charge is -2.19. The number of carbonyl (C=O) groups excluding carboxylic acids is 1. The Hall–Kier alpha value is -2.59. The van der Waals surface area contributed by atoms with Crippen molar-refractivity contribution in [2.75, 3.05) is 5.32 Å². The van der Waals surface area contributed by atoms with Crippen LogP contribution in [0.25, 0.3) is 22.3 Å². The molecule has 1 amide bonds. The van der Waals surface area contributed by atoms with Gasteiger partial charge in [-0.05, 0) is 30.0 Å². The molecule has 27 heavy (non-hydrogen) atoms. The first-order valence-electron chi connectivity index (χ1n) is 8.79. The van der Waals surface area contributed by atoms with E-state index in [9.17, 15) is 9.59 Å². The molecule has 3 aromatic rings. The average Bonchev–Trinajstić information content (AvgIpc) is 2.60. The summed E-state index contributed by atoms with van der Waals surface area (Å²) in [6.07, 6.45) is 0. The van der Waals surface area contributed by atoms with E-state index in [1.54, 1.807) is 25.1 Å². The van der Waals surface area contributed by atoms with Crippen LogP contribution >= 0.6 is 11.6 Å². The highest BCUT2D eigenvalue weighted by atomic mass is 35.5. The Bertz CT molecular complexity index is 1040. The molecule has 0 saturated heterocycles. The van der Waals surface area contributed by atoms with Gasteiger partial charge in [0.2, 0.25) is 5.91 Å². The Morgan fingerprint density at radius 3 is 2.33 bits per heavy atom. The van der Waals surface area contributed by atoms with Gasteiger partial charge in [0, 0.05) is 23.4 Å². The minimum Gasteiger partial charge on any atom is -0.456 e. The van der Waals surface area contributed by atoms with Gasteiger partial charge in [0.05, 0.1) is 5.39 Å². The Morgan fingerprint density at radius 2 is 1.74 bits per heavy atom. The predicted octanol–water partition coefficient (Wildman–Crippen LogP) is 5.32. The topological polar surface area (TPSA) is 59.3 Å². The predicted molar refractivity (Wildman–Crippen MR) is 111 cm³/mol. The number of nitrogens with one attached hydrogen (secondary N) is 1. The van der Waals surface area contributed by atoms with Gasteiger partial charge >= 0.3 is 0 Å². The highest BCUT2D eigenvalue weighted by Gasteiger charge is 2.15. The maximum Gasteiger partial charge on any atom is 0.242 e. The van der Waals surface area contributed by atoms with E-state index >= 15 is 0 Å². The van der Waals surface area contributed by atoms with Gasteiger partial charge in [-0.3, -0.25) is 9.59 Å². The van der Waals surface area contributed by atoms with Crippen LogP contribution in [0.2, 0.25) is 0 Å². The summed E-state index contributed by atoms with van der Waals surface area (Å²) in [7, 11) is 0. The zero-order valence-corrected chi connectivity index (χ0v) is 16.6. The van der Waals surface area contributed by atoms with Gasteiger partial charge < -0.3 is 9.73 Å². The summed E-state index contributed by atoms with van der Waals surface area (Å²) in [4.78, 5) is 24.3. The fourth-order valence-corrected chi connectivity index (χ4v) is 2.81. The van der Waals surface area contributed by atoms with Crippen LogP contribution in [0.15, 0.2) is 57.7 Å². The lowest BCUT2D eigenvalue weighted by Crippen LogP contribution is -2.20. The molecule has 0 bridgehead atoms. The molecule has 0 aliphatic rings. The number of fused-ring (bicyclic) bond motifs is 1. The molecular weight excluding hydrogens is 362 g/mol. The fraction of sp³-hybridized carbons (Fsp3) is 0.273. The summed E-state index contributed by atoms with van der Waals surface area (Å²) in [5, 5.41) is 2.51. The second kappa shape index (κ2) is 7.20. The summed E-state index contributed by atoms with van der Waals surface area (Å²) >= 11 is 5.79. The van der Waals surface area contributed by atoms with Crippen molar-refractivity contribution < 1.29 is 9.21 Å². The summed E-state index contributed by atoms with van der Waals surface area (Å²) in [6, 6.07) is 14.4. The van der Waals surface area contributed by atoms with Gasteiger partial charge in [0.1, 0.15) is 16.7 Å². The number of benzene rings is 2. The molecule has 0 fully saturated rings. The highest BCUT2D eigenvalue weighted by molar-refractivity contribution is 6.32. The number of rotatable bonds is 3. The van der Waals surface area contributed by atoms with E-state index in [0.29, 0.717) is 22.4 Å². The van der Waals surface area contributed by atoms with Gasteiger partial charge in [-0.1, -0.05) is 45.0 Å². The van der Waals surface area contributed by atoms with Crippen LogP contribution in [0.1, 0.15) is 33.3 Å². The maximum atomic E-state index is 12.5. The molecule has 0 saturated carbocycles. The van der Waals surface area contributed by atoms with Crippen molar-refractivity contribution >= 4 is 34.2 Å². The third kappa shape index (κ3) is 4.22. The summed E-state index contributed by atoms with van der Waals surface area (Å²) in [6.45, 7) is 8.04. The van der Waals surface area contributed by atoms with Gasteiger partial charge in [-0.25, -0.2) is 0 Å². The Labute approximate surface area is 163 Å². The Balaban J connectivity index is 2.02. The van der Waals surface area contributed by atoms with Crippen molar-refractivity contribution in [2.45, 2.75) is 38.5 Å². The third-order valence-corrected chi connectivity index (χ3v) is 4.59. The lowest BCUT2D eigenvalue weighted by atomic mass is 9.86. The first-order valence-corrected chi connectivity index (χ1v) is 9.22. The molecule has 1 aromatic heterocycles. The fourth-order valence-electron chi connectivity index (χ4n) is 2.75. The number of carbonyl (C=O) groups is 1. The minimum atomic E-state index is -0.652. The molecule has 140 valence electrons. The van der Waals surface area contributed by atoms with Crippen LogP contribution in [0, 0.1) is 0 Å². The van der Waals surface area contributed by atoms with Crippen molar-refractivity contribution in [2.24, 2.45) is 0 Å². The number of hydrogen-bond acceptors (Lipinski definition) is 3. The molecule has 1 atom stereocenters. The van der Waals surface area contributed by atoms with E-state index in [-0.39, 0.29) is 16.8 Å². The summed E-state index contributed by atoms with van der Waals surface area (Å²) in [5.41, 5.74) is 2.89. The number of alkyl halides is 1. The van der Waals surface area contributed by atoms with Gasteiger partial charge in [0.25, 0.3) is 0 Å². The monoisotopic (exact) mass is 383 g/mol. The lowest BCUT2D eigenvalue weighted by molar-refractivity contribution is -0.115. The molecule has 0 radical (unpaired) electrons. The first-order chi connectivity index (χ1) is 12.6. The van der Waals surface area contributed by atoms with Crippen LogP contribution in [0.3, 0.4) is 0 Å². The normalized spacial score (nSPS) is 12.8. The first kappa shape index (κ1) is 19.2. The van der Waals surface area contributed by atoms with Crippen molar-refractivity contribution in [3.63, 3.8) is 0 Å². The van der Waals surface area contributed by atoms with Crippen molar-refractivity contribution in [3.8, 4) is 11.3 Å². The SMILES string of the molecule is CC(Cl)C(=O)Nc1ccc2c(=O)cc(-c3ccc(C(C)(C)C)cc3)oc2c1. The number of halogens is 1. The molecule has 5 heteroatoms. The van der Waals surface area contributed by atoms with Gasteiger partial charge in [0.15, 0.2) is 5.43 Å². The van der Waals surface area contributed by atoms with Crippen LogP contribution in [-0.4, -0.2) is 11.3 Å². The molecule has 0 spiro atoms. The standard InChI is InChI=1S/C22H22ClNO3/c1-13(23)21(26)24-16-9-10-17-18(25)12-19(27-20(17)11-16)14-5-7-15(8-6-14)22(2,3)4/h5-13H,1-4H3,(H,24,26). The molecule has 1 N–H and O–H groups in total. The van der Waals surface area contributed by atoms with Crippen molar-refractivity contribution in [1.82, 2.24) is 0 Å². The number of amides is 1. The average molecular weight is 384 g/mol. The molecule has 1 unspecified atom stereocenters. The van der Waals surface area contributed by atoms with E-state index in [0.717, 1.165) is 5.56 Å².